The fraction of sp³-hybridized carbons (Fsp3) is 0.821. The summed E-state index contributed by atoms with van der Waals surface area (Å²) in [7, 11) is 0. The molecule has 29 heavy (non-hydrogen) atoms. The van der Waals surface area contributed by atoms with E-state index < -0.39 is 0 Å². The van der Waals surface area contributed by atoms with E-state index >= 15 is 0 Å². The molecule has 0 aromatic heterocycles. The lowest BCUT2D eigenvalue weighted by molar-refractivity contribution is -0.111. The van der Waals surface area contributed by atoms with Crippen LogP contribution < -0.4 is 0 Å². The van der Waals surface area contributed by atoms with Crippen LogP contribution in [0.5, 0.6) is 0 Å². The highest BCUT2D eigenvalue weighted by molar-refractivity contribution is 6.02. The van der Waals surface area contributed by atoms with Gasteiger partial charge in [-0.05, 0) is 98.5 Å². The Morgan fingerprint density at radius 1 is 1.00 bits per heavy atom. The Kier molecular flexibility index (Phi) is 5.67. The van der Waals surface area contributed by atoms with E-state index in [4.69, 9.17) is 0 Å². The summed E-state index contributed by atoms with van der Waals surface area (Å²) in [6, 6.07) is 0. The van der Waals surface area contributed by atoms with E-state index in [1.54, 1.807) is 0 Å². The Morgan fingerprint density at radius 3 is 2.48 bits per heavy atom. The second-order valence-electron chi connectivity index (χ2n) is 12.0. The number of carbonyl (C=O) groups excluding carboxylic acids is 1. The van der Waals surface area contributed by atoms with Crippen molar-refractivity contribution in [1.82, 2.24) is 0 Å². The van der Waals surface area contributed by atoms with Crippen LogP contribution in [-0.4, -0.2) is 5.78 Å². The van der Waals surface area contributed by atoms with E-state index in [0.717, 1.165) is 41.9 Å². The number of hydrogen-bond donors (Lipinski definition) is 0. The third kappa shape index (κ3) is 3.39. The SMILES string of the molecule is CC1=CC(=O)C=C2CC[C@@H]3[C@H](CC[C@]4(C)[C@@H]([C@H](C)CCCC(C)C)CC[C@@H]34)[C@@]12C. The Balaban J connectivity index is 1.53. The first-order valence-electron chi connectivity index (χ1n) is 12.6. The molecule has 3 saturated carbocycles. The topological polar surface area (TPSA) is 17.1 Å². The standard InChI is InChI=1S/C28H44O/c1-18(2)8-7-9-19(3)24-12-13-25-23-11-10-21-17-22(29)16-20(4)28(21,6)26(23)14-15-27(24,25)5/h16-19,23-26H,7-15H2,1-6H3/t19-,23+,24-,25+,26+,27-,28+/m1/s1. The molecule has 4 rings (SSSR count). The fourth-order valence-electron chi connectivity index (χ4n) is 8.60. The van der Waals surface area contributed by atoms with Gasteiger partial charge in [0.15, 0.2) is 5.78 Å². The van der Waals surface area contributed by atoms with E-state index in [1.807, 2.05) is 12.2 Å². The second kappa shape index (κ2) is 7.69. The maximum absolute atomic E-state index is 12.2. The van der Waals surface area contributed by atoms with E-state index in [-0.39, 0.29) is 11.2 Å². The molecule has 0 aliphatic heterocycles. The molecule has 3 fully saturated rings. The zero-order valence-corrected chi connectivity index (χ0v) is 19.9. The summed E-state index contributed by atoms with van der Waals surface area (Å²) in [5.41, 5.74) is 3.50. The van der Waals surface area contributed by atoms with Crippen LogP contribution in [0.2, 0.25) is 0 Å². The van der Waals surface area contributed by atoms with Crippen LogP contribution in [0.15, 0.2) is 23.3 Å². The van der Waals surface area contributed by atoms with Crippen molar-refractivity contribution in [3.05, 3.63) is 23.3 Å². The zero-order valence-electron chi connectivity index (χ0n) is 19.9. The van der Waals surface area contributed by atoms with Gasteiger partial charge in [0.25, 0.3) is 0 Å². The first kappa shape index (κ1) is 21.4. The summed E-state index contributed by atoms with van der Waals surface area (Å²) in [4.78, 5) is 12.2. The molecule has 0 N–H and O–H groups in total. The Morgan fingerprint density at radius 2 is 1.76 bits per heavy atom. The van der Waals surface area contributed by atoms with Gasteiger partial charge in [0.1, 0.15) is 0 Å². The van der Waals surface area contributed by atoms with Crippen molar-refractivity contribution >= 4 is 5.78 Å². The molecule has 162 valence electrons. The normalized spacial score (nSPS) is 42.7. The summed E-state index contributed by atoms with van der Waals surface area (Å²) < 4.78 is 0. The van der Waals surface area contributed by atoms with Crippen molar-refractivity contribution in [2.45, 2.75) is 99.3 Å². The molecule has 1 heteroatoms. The Hall–Kier alpha value is -0.850. The van der Waals surface area contributed by atoms with Crippen LogP contribution in [-0.2, 0) is 4.79 Å². The lowest BCUT2D eigenvalue weighted by Crippen LogP contribution is -2.51. The largest absolute Gasteiger partial charge is 0.290 e. The van der Waals surface area contributed by atoms with Gasteiger partial charge in [0.05, 0.1) is 0 Å². The lowest BCUT2D eigenvalue weighted by atomic mass is 9.46. The number of ketones is 1. The molecule has 0 radical (unpaired) electrons. The highest BCUT2D eigenvalue weighted by Crippen LogP contribution is 2.68. The van der Waals surface area contributed by atoms with Crippen molar-refractivity contribution in [3.8, 4) is 0 Å². The molecule has 0 aromatic carbocycles. The highest BCUT2D eigenvalue weighted by atomic mass is 16.1. The quantitative estimate of drug-likeness (QED) is 0.464. The molecule has 0 aromatic rings. The fourth-order valence-corrected chi connectivity index (χ4v) is 8.60. The lowest BCUT2D eigenvalue weighted by Gasteiger charge is -2.58. The summed E-state index contributed by atoms with van der Waals surface area (Å²) >= 11 is 0. The Labute approximate surface area is 179 Å². The maximum Gasteiger partial charge on any atom is 0.178 e. The molecule has 7 atom stereocenters. The minimum Gasteiger partial charge on any atom is -0.290 e. The van der Waals surface area contributed by atoms with E-state index in [0.29, 0.717) is 5.41 Å². The third-order valence-electron chi connectivity index (χ3n) is 10.3. The molecule has 0 spiro atoms. The first-order valence-corrected chi connectivity index (χ1v) is 12.6. The smallest absolute Gasteiger partial charge is 0.178 e. The van der Waals surface area contributed by atoms with Gasteiger partial charge in [0.2, 0.25) is 0 Å². The van der Waals surface area contributed by atoms with Crippen molar-refractivity contribution in [3.63, 3.8) is 0 Å². The minimum absolute atomic E-state index is 0.152. The molecular formula is C28H44O. The van der Waals surface area contributed by atoms with Gasteiger partial charge in [0, 0.05) is 5.41 Å². The molecule has 0 unspecified atom stereocenters. The summed E-state index contributed by atoms with van der Waals surface area (Å²) in [6.45, 7) is 14.7. The number of hydrogen-bond acceptors (Lipinski definition) is 1. The summed E-state index contributed by atoms with van der Waals surface area (Å²) in [5, 5.41) is 0. The van der Waals surface area contributed by atoms with Gasteiger partial charge in [-0.25, -0.2) is 0 Å². The van der Waals surface area contributed by atoms with E-state index in [1.165, 1.54) is 62.5 Å². The molecule has 0 bridgehead atoms. The monoisotopic (exact) mass is 396 g/mol. The first-order chi connectivity index (χ1) is 13.7. The minimum atomic E-state index is 0.152. The maximum atomic E-state index is 12.2. The van der Waals surface area contributed by atoms with Gasteiger partial charge in [-0.3, -0.25) is 4.79 Å². The number of fused-ring (bicyclic) bond motifs is 5. The molecule has 0 heterocycles. The van der Waals surface area contributed by atoms with Gasteiger partial charge in [-0.15, -0.1) is 0 Å². The molecule has 4 aliphatic rings. The van der Waals surface area contributed by atoms with Gasteiger partial charge in [-0.2, -0.15) is 0 Å². The summed E-state index contributed by atoms with van der Waals surface area (Å²) in [6.07, 6.45) is 16.3. The van der Waals surface area contributed by atoms with Crippen molar-refractivity contribution < 1.29 is 4.79 Å². The van der Waals surface area contributed by atoms with E-state index in [9.17, 15) is 4.79 Å². The molecule has 4 aliphatic carbocycles. The number of allylic oxidation sites excluding steroid dienone is 4. The van der Waals surface area contributed by atoms with Crippen molar-refractivity contribution in [2.75, 3.05) is 0 Å². The second-order valence-corrected chi connectivity index (χ2v) is 12.0. The van der Waals surface area contributed by atoms with Crippen molar-refractivity contribution in [1.29, 1.82) is 0 Å². The molecular weight excluding hydrogens is 352 g/mol. The molecule has 0 saturated heterocycles. The van der Waals surface area contributed by atoms with Crippen LogP contribution in [0.25, 0.3) is 0 Å². The average Bonchev–Trinajstić information content (AvgIpc) is 3.00. The van der Waals surface area contributed by atoms with Crippen LogP contribution in [0.1, 0.15) is 99.3 Å². The number of carbonyl (C=O) groups is 1. The highest BCUT2D eigenvalue weighted by Gasteiger charge is 2.59. The average molecular weight is 397 g/mol. The predicted molar refractivity (Wildman–Crippen MR) is 123 cm³/mol. The van der Waals surface area contributed by atoms with Gasteiger partial charge in [-0.1, -0.05) is 65.0 Å². The predicted octanol–water partition coefficient (Wildman–Crippen LogP) is 7.76. The van der Waals surface area contributed by atoms with Gasteiger partial charge >= 0.3 is 0 Å². The molecule has 0 amide bonds. The van der Waals surface area contributed by atoms with E-state index in [2.05, 4.69) is 41.5 Å². The van der Waals surface area contributed by atoms with Crippen LogP contribution in [0.4, 0.5) is 0 Å². The zero-order chi connectivity index (χ0) is 21.0. The van der Waals surface area contributed by atoms with Crippen molar-refractivity contribution in [2.24, 2.45) is 46.3 Å². The third-order valence-corrected chi connectivity index (χ3v) is 10.3. The summed E-state index contributed by atoms with van der Waals surface area (Å²) in [5.74, 6) is 5.39. The number of rotatable bonds is 5. The van der Waals surface area contributed by atoms with Crippen LogP contribution in [0.3, 0.4) is 0 Å². The molecule has 1 nitrogen and oxygen atoms in total. The van der Waals surface area contributed by atoms with Gasteiger partial charge < -0.3 is 0 Å². The van der Waals surface area contributed by atoms with Crippen LogP contribution in [0, 0.1) is 46.3 Å². The Bertz CT molecular complexity index is 712. The van der Waals surface area contributed by atoms with Crippen LogP contribution >= 0.6 is 0 Å².